The van der Waals surface area contributed by atoms with Crippen LogP contribution in [0.3, 0.4) is 0 Å². The van der Waals surface area contributed by atoms with E-state index in [0.29, 0.717) is 0 Å². The maximum Gasteiger partial charge on any atom is 0.402 e. The lowest BCUT2D eigenvalue weighted by Crippen LogP contribution is -2.60. The predicted molar refractivity (Wildman–Crippen MR) is 212 cm³/mol. The van der Waals surface area contributed by atoms with Crippen LogP contribution in [-0.4, -0.2) is 168 Å². The Kier molecular flexibility index (Phi) is 12.0. The van der Waals surface area contributed by atoms with E-state index in [4.69, 9.17) is 28.1 Å². The third kappa shape index (κ3) is 7.87. The Balaban J connectivity index is 1.42. The summed E-state index contributed by atoms with van der Waals surface area (Å²) >= 11 is 0. The molecule has 348 valence electrons. The van der Waals surface area contributed by atoms with Crippen molar-refractivity contribution in [2.45, 2.75) is 79.5 Å². The highest BCUT2D eigenvalue weighted by molar-refractivity contribution is 5.93. The molecule has 65 heavy (non-hydrogen) atoms. The number of phenols is 8. The summed E-state index contributed by atoms with van der Waals surface area (Å²) < 4.78 is 35.6. The van der Waals surface area contributed by atoms with Crippen LogP contribution in [0.1, 0.15) is 28.7 Å². The van der Waals surface area contributed by atoms with Crippen LogP contribution < -0.4 is 14.2 Å². The molecule has 13 unspecified atom stereocenters. The standard InChI is InChI=1S/C42H42O23/c43-10-25-31(53)34(56)36(58)41(63-25)61-22-9-19(49)28(29-27-18(48)6-14(45)7-23(27)60-39(33(29)55)12-1-2-16(46)17(47)3-12)40-15(22)8-24(38(65-40)13-4-20(50)30(52)21(51)5-13)62-42-37(59)35(57)32(54)26(11-44)64-42/h1-9,25-26,29,31-37,39,41-44,53-59H,10-11H2,(H7-,45,46,47,48,49,50,51,52)/p+1. The van der Waals surface area contributed by atoms with Gasteiger partial charge in [0.15, 0.2) is 34.9 Å². The van der Waals surface area contributed by atoms with Crippen LogP contribution in [0.4, 0.5) is 0 Å². The van der Waals surface area contributed by atoms with Gasteiger partial charge in [-0.2, -0.15) is 0 Å². The van der Waals surface area contributed by atoms with E-state index in [2.05, 4.69) is 0 Å². The van der Waals surface area contributed by atoms with Crippen molar-refractivity contribution in [3.05, 3.63) is 71.3 Å². The Hall–Kier alpha value is -6.35. The third-order valence-corrected chi connectivity index (χ3v) is 11.5. The molecule has 3 aliphatic heterocycles. The van der Waals surface area contributed by atoms with Gasteiger partial charge in [-0.3, -0.25) is 0 Å². The van der Waals surface area contributed by atoms with E-state index < -0.39 is 167 Å². The number of hydrogen-bond acceptors (Lipinski definition) is 22. The summed E-state index contributed by atoms with van der Waals surface area (Å²) in [6, 6.07) is 9.06. The molecule has 0 spiro atoms. The molecule has 0 saturated carbocycles. The van der Waals surface area contributed by atoms with E-state index in [1.165, 1.54) is 6.07 Å². The summed E-state index contributed by atoms with van der Waals surface area (Å²) in [4.78, 5) is 0. The first kappa shape index (κ1) is 45.2. The van der Waals surface area contributed by atoms with Crippen LogP contribution in [0.2, 0.25) is 0 Å². The van der Waals surface area contributed by atoms with Crippen molar-refractivity contribution in [2.75, 3.05) is 13.2 Å². The lowest BCUT2D eigenvalue weighted by atomic mass is 9.78. The molecule has 8 rings (SSSR count). The van der Waals surface area contributed by atoms with Crippen LogP contribution in [-0.2, 0) is 9.47 Å². The fourth-order valence-electron chi connectivity index (χ4n) is 8.11. The molecule has 5 aromatic rings. The Morgan fingerprint density at radius 2 is 1.09 bits per heavy atom. The number of fused-ring (bicyclic) bond motifs is 2. The molecule has 17 N–H and O–H groups in total. The summed E-state index contributed by atoms with van der Waals surface area (Å²) in [5.74, 6) is -9.65. The summed E-state index contributed by atoms with van der Waals surface area (Å²) in [5.41, 5.74) is -1.54. The molecular formula is C42H43O23+. The van der Waals surface area contributed by atoms with Gasteiger partial charge in [-0.15, -0.1) is 0 Å². The Morgan fingerprint density at radius 3 is 1.66 bits per heavy atom. The lowest BCUT2D eigenvalue weighted by Gasteiger charge is -2.40. The second-order valence-electron chi connectivity index (χ2n) is 15.6. The number of benzene rings is 4. The first-order valence-electron chi connectivity index (χ1n) is 19.6. The SMILES string of the molecule is OCC1OC(Oc2cc3c(OC4OC(CO)C(O)C(O)C4O)cc(O)c(C4c5c(O)cc(O)cc5OC(c5ccc(O)c(O)c5)C4O)c3[o+]c2-c2cc(O)c(O)c(O)c2)C(O)C(O)C1O. The molecule has 0 aliphatic carbocycles. The fourth-order valence-corrected chi connectivity index (χ4v) is 8.11. The van der Waals surface area contributed by atoms with Gasteiger partial charge in [0, 0.05) is 42.0 Å². The van der Waals surface area contributed by atoms with Crippen molar-refractivity contribution < 1.29 is 115 Å². The van der Waals surface area contributed by atoms with Crippen LogP contribution in [0.5, 0.6) is 63.2 Å². The number of aliphatic hydroxyl groups excluding tert-OH is 9. The molecule has 23 heteroatoms. The summed E-state index contributed by atoms with van der Waals surface area (Å²) in [7, 11) is 0. The highest BCUT2D eigenvalue weighted by Crippen LogP contribution is 2.56. The van der Waals surface area contributed by atoms with E-state index in [9.17, 15) is 86.8 Å². The molecule has 1 aromatic heterocycles. The predicted octanol–water partition coefficient (Wildman–Crippen LogP) is -0.990. The van der Waals surface area contributed by atoms with Gasteiger partial charge in [0.25, 0.3) is 0 Å². The molecule has 0 bridgehead atoms. The van der Waals surface area contributed by atoms with Gasteiger partial charge in [-0.1, -0.05) is 6.07 Å². The Labute approximate surface area is 364 Å². The molecular weight excluding hydrogens is 872 g/mol. The van der Waals surface area contributed by atoms with E-state index in [1.54, 1.807) is 0 Å². The zero-order valence-corrected chi connectivity index (χ0v) is 33.2. The van der Waals surface area contributed by atoms with Crippen molar-refractivity contribution >= 4 is 11.0 Å². The largest absolute Gasteiger partial charge is 0.508 e. The van der Waals surface area contributed by atoms with Crippen molar-refractivity contribution in [1.82, 2.24) is 0 Å². The van der Waals surface area contributed by atoms with Gasteiger partial charge >= 0.3 is 11.3 Å². The topological polar surface area (TPSA) is 401 Å². The second-order valence-corrected chi connectivity index (χ2v) is 15.6. The Morgan fingerprint density at radius 1 is 0.523 bits per heavy atom. The second kappa shape index (κ2) is 17.2. The smallest absolute Gasteiger partial charge is 0.402 e. The minimum atomic E-state index is -2.05. The third-order valence-electron chi connectivity index (χ3n) is 11.5. The fraction of sp³-hybridized carbons (Fsp3) is 0.357. The number of hydrogen-bond donors (Lipinski definition) is 17. The highest BCUT2D eigenvalue weighted by Gasteiger charge is 2.50. The molecule has 4 heterocycles. The minimum Gasteiger partial charge on any atom is -0.508 e. The normalized spacial score (nSPS) is 30.1. The first-order valence-corrected chi connectivity index (χ1v) is 19.6. The molecule has 0 amide bonds. The number of aromatic hydroxyl groups is 8. The number of ether oxygens (including phenoxy) is 5. The van der Waals surface area contributed by atoms with Crippen LogP contribution in [0, 0.1) is 0 Å². The van der Waals surface area contributed by atoms with Gasteiger partial charge in [0.05, 0.1) is 24.7 Å². The number of rotatable bonds is 9. The van der Waals surface area contributed by atoms with E-state index >= 15 is 0 Å². The minimum absolute atomic E-state index is 0.0283. The van der Waals surface area contributed by atoms with E-state index in [0.717, 1.165) is 48.5 Å². The van der Waals surface area contributed by atoms with Crippen molar-refractivity contribution in [3.8, 4) is 74.6 Å². The van der Waals surface area contributed by atoms with Gasteiger partial charge in [-0.25, -0.2) is 4.42 Å². The quantitative estimate of drug-likeness (QED) is 0.0623. The molecule has 2 fully saturated rings. The van der Waals surface area contributed by atoms with Gasteiger partial charge in [-0.05, 0) is 17.7 Å². The average molecular weight is 916 g/mol. The highest BCUT2D eigenvalue weighted by atomic mass is 16.7. The summed E-state index contributed by atoms with van der Waals surface area (Å²) in [5, 5.41) is 182. The molecule has 23 nitrogen and oxygen atoms in total. The van der Waals surface area contributed by atoms with Gasteiger partial charge in [0.2, 0.25) is 18.3 Å². The molecule has 13 atom stereocenters. The van der Waals surface area contributed by atoms with E-state index in [1.807, 2.05) is 0 Å². The van der Waals surface area contributed by atoms with E-state index in [-0.39, 0.29) is 27.8 Å². The van der Waals surface area contributed by atoms with Crippen molar-refractivity contribution in [3.63, 3.8) is 0 Å². The van der Waals surface area contributed by atoms with Crippen LogP contribution in [0.15, 0.2) is 59.0 Å². The Bertz CT molecular complexity index is 2580. The van der Waals surface area contributed by atoms with Crippen LogP contribution in [0.25, 0.3) is 22.3 Å². The van der Waals surface area contributed by atoms with Crippen LogP contribution >= 0.6 is 0 Å². The average Bonchev–Trinajstić information content (AvgIpc) is 3.26. The van der Waals surface area contributed by atoms with Crippen molar-refractivity contribution in [2.24, 2.45) is 0 Å². The molecule has 0 radical (unpaired) electrons. The first-order chi connectivity index (χ1) is 30.8. The maximum absolute atomic E-state index is 12.3. The molecule has 4 aromatic carbocycles. The lowest BCUT2D eigenvalue weighted by molar-refractivity contribution is -0.277. The molecule has 2 saturated heterocycles. The zero-order valence-electron chi connectivity index (χ0n) is 33.2. The maximum atomic E-state index is 12.3. The summed E-state index contributed by atoms with van der Waals surface area (Å²) in [6.07, 6.45) is -22.1. The van der Waals surface area contributed by atoms with Gasteiger partial charge < -0.3 is 110 Å². The van der Waals surface area contributed by atoms with Crippen molar-refractivity contribution in [1.29, 1.82) is 0 Å². The van der Waals surface area contributed by atoms with Gasteiger partial charge in [0.1, 0.15) is 94.6 Å². The zero-order chi connectivity index (χ0) is 46.9. The molecule has 3 aliphatic rings. The number of phenolic OH excluding ortho intramolecular Hbond substituents is 8. The summed E-state index contributed by atoms with van der Waals surface area (Å²) in [6.45, 7) is -1.76. The monoisotopic (exact) mass is 915 g/mol. The number of aliphatic hydroxyl groups is 9.